The minimum atomic E-state index is -0.0607. The third-order valence-corrected chi connectivity index (χ3v) is 6.48. The Labute approximate surface area is 157 Å². The fraction of sp³-hybridized carbons (Fsp3) is 0.588. The lowest BCUT2D eigenvalue weighted by Crippen LogP contribution is -2.42. The summed E-state index contributed by atoms with van der Waals surface area (Å²) < 4.78 is 0. The lowest BCUT2D eigenvalue weighted by atomic mass is 10.1. The van der Waals surface area contributed by atoms with Gasteiger partial charge in [-0.25, -0.2) is 4.79 Å². The van der Waals surface area contributed by atoms with Crippen molar-refractivity contribution in [2.75, 3.05) is 43.0 Å². The molecule has 0 aliphatic carbocycles. The first-order valence-corrected chi connectivity index (χ1v) is 10.4. The molecule has 0 aromatic heterocycles. The zero-order valence-corrected chi connectivity index (χ0v) is 16.0. The van der Waals surface area contributed by atoms with Crippen LogP contribution in [-0.2, 0) is 0 Å². The molecule has 0 unspecified atom stereocenters. The quantitative estimate of drug-likeness (QED) is 0.814. The summed E-state index contributed by atoms with van der Waals surface area (Å²) in [6.45, 7) is 3.62. The molecule has 2 heterocycles. The van der Waals surface area contributed by atoms with Crippen LogP contribution in [0.1, 0.15) is 19.3 Å². The van der Waals surface area contributed by atoms with Crippen molar-refractivity contribution in [2.45, 2.75) is 25.3 Å². The number of benzene rings is 1. The lowest BCUT2D eigenvalue weighted by molar-refractivity contribution is 0.186. The Bertz CT molecular complexity index is 581. The van der Waals surface area contributed by atoms with Gasteiger partial charge >= 0.3 is 6.03 Å². The molecule has 1 N–H and O–H groups in total. The number of nitrogens with zero attached hydrogens (tertiary/aromatic N) is 2. The summed E-state index contributed by atoms with van der Waals surface area (Å²) in [4.78, 5) is 17.0. The van der Waals surface area contributed by atoms with E-state index in [0.717, 1.165) is 32.6 Å². The normalized spacial score (nSPS) is 20.7. The molecular weight excluding hydrogens is 365 g/mol. The van der Waals surface area contributed by atoms with Crippen LogP contribution in [0.2, 0.25) is 10.0 Å². The zero-order valence-electron chi connectivity index (χ0n) is 13.6. The van der Waals surface area contributed by atoms with Gasteiger partial charge in [-0.2, -0.15) is 11.8 Å². The van der Waals surface area contributed by atoms with Crippen LogP contribution in [0, 0.1) is 0 Å². The van der Waals surface area contributed by atoms with Gasteiger partial charge in [0, 0.05) is 37.9 Å². The smallest absolute Gasteiger partial charge is 0.321 e. The molecule has 2 aliphatic rings. The van der Waals surface area contributed by atoms with Gasteiger partial charge in [-0.3, -0.25) is 4.90 Å². The number of hydrogen-bond donors (Lipinski definition) is 1. The molecule has 24 heavy (non-hydrogen) atoms. The Morgan fingerprint density at radius 1 is 1.08 bits per heavy atom. The molecule has 4 nitrogen and oxygen atoms in total. The first-order valence-electron chi connectivity index (χ1n) is 8.46. The van der Waals surface area contributed by atoms with Crippen LogP contribution in [0.4, 0.5) is 10.5 Å². The van der Waals surface area contributed by atoms with E-state index in [-0.39, 0.29) is 6.03 Å². The summed E-state index contributed by atoms with van der Waals surface area (Å²) >= 11 is 14.0. The molecule has 1 aromatic rings. The summed E-state index contributed by atoms with van der Waals surface area (Å²) in [6, 6.07) is 5.80. The molecule has 2 amide bonds. The molecule has 132 valence electrons. The van der Waals surface area contributed by atoms with E-state index < -0.39 is 0 Å². The van der Waals surface area contributed by atoms with E-state index in [0.29, 0.717) is 21.8 Å². The summed E-state index contributed by atoms with van der Waals surface area (Å²) in [5.41, 5.74) is 0.680. The average molecular weight is 388 g/mol. The van der Waals surface area contributed by atoms with Crippen molar-refractivity contribution in [1.82, 2.24) is 9.80 Å². The Hall–Kier alpha value is -0.620. The number of urea groups is 1. The van der Waals surface area contributed by atoms with Crippen LogP contribution in [0.25, 0.3) is 0 Å². The summed E-state index contributed by atoms with van der Waals surface area (Å²) in [5, 5.41) is 3.87. The Kier molecular flexibility index (Phi) is 6.56. The highest BCUT2D eigenvalue weighted by atomic mass is 35.5. The average Bonchev–Trinajstić information content (AvgIpc) is 2.85. The molecule has 2 saturated heterocycles. The number of carbonyl (C=O) groups is 1. The van der Waals surface area contributed by atoms with E-state index in [1.54, 1.807) is 18.2 Å². The van der Waals surface area contributed by atoms with Crippen molar-refractivity contribution in [1.29, 1.82) is 0 Å². The van der Waals surface area contributed by atoms with Gasteiger partial charge in [0.15, 0.2) is 0 Å². The summed E-state index contributed by atoms with van der Waals surface area (Å²) in [6.07, 6.45) is 3.58. The van der Waals surface area contributed by atoms with Gasteiger partial charge in [0.05, 0.1) is 10.0 Å². The number of thioether (sulfide) groups is 1. The van der Waals surface area contributed by atoms with Crippen molar-refractivity contribution in [3.8, 4) is 0 Å². The highest BCUT2D eigenvalue weighted by molar-refractivity contribution is 7.99. The first kappa shape index (κ1) is 18.2. The molecule has 3 rings (SSSR count). The van der Waals surface area contributed by atoms with E-state index in [9.17, 15) is 4.79 Å². The monoisotopic (exact) mass is 387 g/mol. The van der Waals surface area contributed by atoms with Crippen molar-refractivity contribution in [3.05, 3.63) is 28.2 Å². The fourth-order valence-corrected chi connectivity index (χ4v) is 4.71. The second-order valence-electron chi connectivity index (χ2n) is 6.28. The second-order valence-corrected chi connectivity index (χ2v) is 8.32. The van der Waals surface area contributed by atoms with Gasteiger partial charge < -0.3 is 10.2 Å². The van der Waals surface area contributed by atoms with E-state index in [4.69, 9.17) is 23.2 Å². The predicted octanol–water partition coefficient (Wildman–Crippen LogP) is 4.43. The van der Waals surface area contributed by atoms with Crippen molar-refractivity contribution in [3.63, 3.8) is 0 Å². The second kappa shape index (κ2) is 8.65. The van der Waals surface area contributed by atoms with E-state index in [1.165, 1.54) is 24.3 Å². The summed E-state index contributed by atoms with van der Waals surface area (Å²) in [5.74, 6) is 2.53. The van der Waals surface area contributed by atoms with Crippen molar-refractivity contribution in [2.24, 2.45) is 0 Å². The van der Waals surface area contributed by atoms with Crippen LogP contribution in [0.3, 0.4) is 0 Å². The van der Waals surface area contributed by atoms with Gasteiger partial charge in [0.2, 0.25) is 0 Å². The largest absolute Gasteiger partial charge is 0.323 e. The van der Waals surface area contributed by atoms with Crippen LogP contribution in [0.15, 0.2) is 18.2 Å². The maximum Gasteiger partial charge on any atom is 0.321 e. The molecule has 7 heteroatoms. The number of nitrogens with one attached hydrogen (secondary N) is 1. The molecule has 2 aliphatic heterocycles. The van der Waals surface area contributed by atoms with Gasteiger partial charge in [0.1, 0.15) is 0 Å². The number of carbonyl (C=O) groups excluding carboxylic acids is 1. The van der Waals surface area contributed by atoms with E-state index in [2.05, 4.69) is 22.0 Å². The predicted molar refractivity (Wildman–Crippen MR) is 104 cm³/mol. The number of amides is 2. The fourth-order valence-electron chi connectivity index (χ4n) is 3.33. The van der Waals surface area contributed by atoms with Gasteiger partial charge in [-0.05, 0) is 49.0 Å². The van der Waals surface area contributed by atoms with Gasteiger partial charge in [0.25, 0.3) is 0 Å². The number of hydrogen-bond acceptors (Lipinski definition) is 3. The highest BCUT2D eigenvalue weighted by Crippen LogP contribution is 2.26. The first-order chi connectivity index (χ1) is 11.6. The number of rotatable bonds is 2. The third-order valence-electron chi connectivity index (χ3n) is 4.70. The van der Waals surface area contributed by atoms with E-state index in [1.807, 2.05) is 4.90 Å². The topological polar surface area (TPSA) is 35.6 Å². The van der Waals surface area contributed by atoms with Crippen LogP contribution in [-0.4, -0.2) is 59.6 Å². The van der Waals surface area contributed by atoms with Crippen LogP contribution < -0.4 is 5.32 Å². The summed E-state index contributed by atoms with van der Waals surface area (Å²) in [7, 11) is 0. The van der Waals surface area contributed by atoms with Gasteiger partial charge in [-0.1, -0.05) is 23.2 Å². The minimum Gasteiger partial charge on any atom is -0.323 e. The molecule has 0 saturated carbocycles. The molecular formula is C17H23Cl2N3OS. The Balaban J connectivity index is 1.54. The minimum absolute atomic E-state index is 0.0607. The molecule has 1 aromatic carbocycles. The van der Waals surface area contributed by atoms with E-state index >= 15 is 0 Å². The molecule has 0 bridgehead atoms. The SMILES string of the molecule is O=C(Nc1ccc(Cl)c(Cl)c1)N1CCCN(C2CCSCC2)CC1. The Morgan fingerprint density at radius 2 is 1.88 bits per heavy atom. The molecule has 0 spiro atoms. The van der Waals surface area contributed by atoms with Gasteiger partial charge in [-0.15, -0.1) is 0 Å². The number of anilines is 1. The number of halogens is 2. The maximum absolute atomic E-state index is 12.5. The molecule has 2 fully saturated rings. The molecule has 0 radical (unpaired) electrons. The van der Waals surface area contributed by atoms with Crippen molar-refractivity contribution < 1.29 is 4.79 Å². The Morgan fingerprint density at radius 3 is 2.62 bits per heavy atom. The maximum atomic E-state index is 12.5. The lowest BCUT2D eigenvalue weighted by Gasteiger charge is -2.33. The van der Waals surface area contributed by atoms with Crippen molar-refractivity contribution >= 4 is 46.7 Å². The standard InChI is InChI=1S/C17H23Cl2N3OS/c18-15-3-2-13(12-16(15)19)20-17(23)22-7-1-6-21(8-9-22)14-4-10-24-11-5-14/h2-3,12,14H,1,4-11H2,(H,20,23). The van der Waals surface area contributed by atoms with Crippen LogP contribution >= 0.6 is 35.0 Å². The third kappa shape index (κ3) is 4.72. The highest BCUT2D eigenvalue weighted by Gasteiger charge is 2.25. The molecule has 0 atom stereocenters. The van der Waals surface area contributed by atoms with Crippen LogP contribution in [0.5, 0.6) is 0 Å². The zero-order chi connectivity index (χ0) is 16.9.